The fraction of sp³-hybridized carbons (Fsp3) is 0.556. The smallest absolute Gasteiger partial charge is 0.336 e. The van der Waals surface area contributed by atoms with E-state index in [9.17, 15) is 9.59 Å². The van der Waals surface area contributed by atoms with Crippen molar-refractivity contribution in [1.82, 2.24) is 5.32 Å². The lowest BCUT2D eigenvalue weighted by Gasteiger charge is -2.31. The lowest BCUT2D eigenvalue weighted by Crippen LogP contribution is -2.34. The second-order valence-electron chi connectivity index (χ2n) is 5.91. The van der Waals surface area contributed by atoms with Crippen LogP contribution >= 0.6 is 0 Å². The van der Waals surface area contributed by atoms with E-state index in [2.05, 4.69) is 11.9 Å². The highest BCUT2D eigenvalue weighted by atomic mass is 16.5. The van der Waals surface area contributed by atoms with Gasteiger partial charge in [-0.05, 0) is 32.6 Å². The van der Waals surface area contributed by atoms with Gasteiger partial charge in [-0.25, -0.2) is 9.59 Å². The molecule has 0 bridgehead atoms. The van der Waals surface area contributed by atoms with Crippen LogP contribution in [0.1, 0.15) is 39.5 Å². The highest BCUT2D eigenvalue weighted by molar-refractivity contribution is 5.97. The third kappa shape index (κ3) is 3.84. The summed E-state index contributed by atoms with van der Waals surface area (Å²) in [5, 5.41) is 3.02. The molecular formula is C18H25NO4. The third-order valence-electron chi connectivity index (χ3n) is 4.43. The highest BCUT2D eigenvalue weighted by Crippen LogP contribution is 2.42. The summed E-state index contributed by atoms with van der Waals surface area (Å²) >= 11 is 0. The molecule has 0 spiro atoms. The van der Waals surface area contributed by atoms with Crippen molar-refractivity contribution in [2.75, 3.05) is 13.2 Å². The summed E-state index contributed by atoms with van der Waals surface area (Å²) in [6, 6.07) is 0. The van der Waals surface area contributed by atoms with Crippen molar-refractivity contribution in [3.05, 3.63) is 35.7 Å². The monoisotopic (exact) mass is 319 g/mol. The average molecular weight is 319 g/mol. The highest BCUT2D eigenvalue weighted by Gasteiger charge is 2.40. The van der Waals surface area contributed by atoms with E-state index in [4.69, 9.17) is 9.47 Å². The van der Waals surface area contributed by atoms with E-state index < -0.39 is 0 Å². The topological polar surface area (TPSA) is 64.6 Å². The number of esters is 2. The first kappa shape index (κ1) is 17.3. The maximum Gasteiger partial charge on any atom is 0.336 e. The number of allylic oxidation sites excluding steroid dienone is 1. The first-order valence-corrected chi connectivity index (χ1v) is 8.22. The minimum absolute atomic E-state index is 0.158. The van der Waals surface area contributed by atoms with Gasteiger partial charge in [-0.15, -0.1) is 0 Å². The Morgan fingerprint density at radius 2 is 2.00 bits per heavy atom. The molecule has 1 fully saturated rings. The normalized spacial score (nSPS) is 21.5. The van der Waals surface area contributed by atoms with Gasteiger partial charge in [-0.1, -0.05) is 25.5 Å². The minimum atomic E-state index is -0.387. The maximum atomic E-state index is 12.5. The van der Waals surface area contributed by atoms with E-state index >= 15 is 0 Å². The molecule has 0 aromatic heterocycles. The van der Waals surface area contributed by atoms with Gasteiger partial charge in [0.2, 0.25) is 0 Å². The second-order valence-corrected chi connectivity index (χ2v) is 5.91. The molecule has 1 atom stereocenters. The summed E-state index contributed by atoms with van der Waals surface area (Å²) in [7, 11) is 0. The van der Waals surface area contributed by atoms with Crippen molar-refractivity contribution in [2.24, 2.45) is 11.8 Å². The summed E-state index contributed by atoms with van der Waals surface area (Å²) in [6.07, 6.45) is 7.48. The van der Waals surface area contributed by atoms with Crippen LogP contribution in [-0.4, -0.2) is 25.2 Å². The molecule has 0 aromatic rings. The van der Waals surface area contributed by atoms with Gasteiger partial charge < -0.3 is 14.8 Å². The van der Waals surface area contributed by atoms with E-state index in [1.54, 1.807) is 13.1 Å². The Hall–Kier alpha value is -2.04. The molecule has 5 nitrogen and oxygen atoms in total. The summed E-state index contributed by atoms with van der Waals surface area (Å²) in [6.45, 7) is 7.65. The molecule has 1 aliphatic heterocycles. The van der Waals surface area contributed by atoms with Crippen molar-refractivity contribution < 1.29 is 19.1 Å². The van der Waals surface area contributed by atoms with Crippen LogP contribution in [0.2, 0.25) is 0 Å². The van der Waals surface area contributed by atoms with E-state index in [0.29, 0.717) is 17.8 Å². The van der Waals surface area contributed by atoms with Crippen molar-refractivity contribution in [1.29, 1.82) is 0 Å². The predicted molar refractivity (Wildman–Crippen MR) is 87.2 cm³/mol. The largest absolute Gasteiger partial charge is 0.463 e. The molecule has 0 amide bonds. The van der Waals surface area contributed by atoms with Crippen molar-refractivity contribution in [2.45, 2.75) is 39.5 Å². The van der Waals surface area contributed by atoms with Crippen LogP contribution in [0.25, 0.3) is 0 Å². The number of ether oxygens (including phenoxy) is 2. The van der Waals surface area contributed by atoms with Crippen LogP contribution < -0.4 is 5.32 Å². The predicted octanol–water partition coefficient (Wildman–Crippen LogP) is 2.85. The number of carbonyl (C=O) groups is 2. The Balaban J connectivity index is 2.33. The molecule has 5 heteroatoms. The van der Waals surface area contributed by atoms with E-state index in [1.807, 2.05) is 6.92 Å². The second kappa shape index (κ2) is 7.99. The van der Waals surface area contributed by atoms with Gasteiger partial charge in [0.05, 0.1) is 17.8 Å². The third-order valence-corrected chi connectivity index (χ3v) is 4.43. The number of hydrogen-bond acceptors (Lipinski definition) is 5. The van der Waals surface area contributed by atoms with E-state index in [-0.39, 0.29) is 30.4 Å². The zero-order chi connectivity index (χ0) is 16.8. The summed E-state index contributed by atoms with van der Waals surface area (Å²) in [5.41, 5.74) is 1.81. The van der Waals surface area contributed by atoms with Crippen LogP contribution in [0.5, 0.6) is 0 Å². The first-order chi connectivity index (χ1) is 11.1. The molecule has 2 aliphatic rings. The molecular weight excluding hydrogens is 294 g/mol. The van der Waals surface area contributed by atoms with Crippen LogP contribution in [0, 0.1) is 11.8 Å². The quantitative estimate of drug-likeness (QED) is 0.602. The fourth-order valence-corrected chi connectivity index (χ4v) is 3.42. The Morgan fingerprint density at radius 1 is 1.30 bits per heavy atom. The number of carbonyl (C=O) groups excluding carboxylic acids is 2. The van der Waals surface area contributed by atoms with Crippen LogP contribution in [0.4, 0.5) is 0 Å². The Morgan fingerprint density at radius 3 is 2.61 bits per heavy atom. The van der Waals surface area contributed by atoms with Crippen molar-refractivity contribution in [3.8, 4) is 0 Å². The Kier molecular flexibility index (Phi) is 6.02. The van der Waals surface area contributed by atoms with Gasteiger partial charge in [0, 0.05) is 17.8 Å². The fourth-order valence-electron chi connectivity index (χ4n) is 3.42. The van der Waals surface area contributed by atoms with Gasteiger partial charge in [0.1, 0.15) is 6.61 Å². The molecule has 1 aliphatic carbocycles. The molecule has 1 saturated carbocycles. The molecule has 126 valence electrons. The molecule has 0 radical (unpaired) electrons. The molecule has 23 heavy (non-hydrogen) atoms. The maximum absolute atomic E-state index is 12.5. The first-order valence-electron chi connectivity index (χ1n) is 8.22. The number of hydrogen-bond donors (Lipinski definition) is 1. The van der Waals surface area contributed by atoms with Crippen LogP contribution in [0.3, 0.4) is 0 Å². The number of dihydropyridines is 1. The van der Waals surface area contributed by atoms with E-state index in [0.717, 1.165) is 31.4 Å². The van der Waals surface area contributed by atoms with Crippen molar-refractivity contribution >= 4 is 11.9 Å². The van der Waals surface area contributed by atoms with Gasteiger partial charge in [-0.3, -0.25) is 0 Å². The van der Waals surface area contributed by atoms with Crippen LogP contribution in [0.15, 0.2) is 35.7 Å². The Labute approximate surface area is 137 Å². The molecule has 2 rings (SSSR count). The lowest BCUT2D eigenvalue weighted by molar-refractivity contribution is -0.140. The zero-order valence-electron chi connectivity index (χ0n) is 13.9. The molecule has 0 saturated heterocycles. The lowest BCUT2D eigenvalue weighted by atomic mass is 9.77. The average Bonchev–Trinajstić information content (AvgIpc) is 3.06. The van der Waals surface area contributed by atoms with Gasteiger partial charge in [0.25, 0.3) is 0 Å². The summed E-state index contributed by atoms with van der Waals surface area (Å²) < 4.78 is 10.4. The SMILES string of the molecule is C=CCOC(=O)C1=C(C)NC=C(C(=O)OCC)[C@H]1C1CCCC1. The summed E-state index contributed by atoms with van der Waals surface area (Å²) in [4.78, 5) is 24.8. The van der Waals surface area contributed by atoms with Crippen molar-refractivity contribution in [3.63, 3.8) is 0 Å². The number of rotatable bonds is 6. The molecule has 0 unspecified atom stereocenters. The number of nitrogens with one attached hydrogen (secondary N) is 1. The standard InChI is InChI=1S/C18H25NO4/c1-4-10-23-18(21)15-12(3)19-11-14(17(20)22-5-2)16(15)13-8-6-7-9-13/h4,11,13,16,19H,1,5-10H2,2-3H3/t16-/m1/s1. The zero-order valence-corrected chi connectivity index (χ0v) is 13.9. The molecule has 0 aromatic carbocycles. The van der Waals surface area contributed by atoms with E-state index in [1.165, 1.54) is 6.08 Å². The molecule has 1 N–H and O–H groups in total. The summed E-state index contributed by atoms with van der Waals surface area (Å²) in [5.74, 6) is -0.732. The van der Waals surface area contributed by atoms with Gasteiger partial charge in [0.15, 0.2) is 0 Å². The van der Waals surface area contributed by atoms with Gasteiger partial charge >= 0.3 is 11.9 Å². The molecule has 1 heterocycles. The van der Waals surface area contributed by atoms with Gasteiger partial charge in [-0.2, -0.15) is 0 Å². The van der Waals surface area contributed by atoms with Crippen LogP contribution in [-0.2, 0) is 19.1 Å². The Bertz CT molecular complexity index is 541. The minimum Gasteiger partial charge on any atom is -0.463 e.